The van der Waals surface area contributed by atoms with Crippen LogP contribution in [0.5, 0.6) is 11.5 Å². The van der Waals surface area contributed by atoms with Gasteiger partial charge in [0.25, 0.3) is 0 Å². The minimum Gasteiger partial charge on any atom is -0.504 e. The van der Waals surface area contributed by atoms with Gasteiger partial charge in [0, 0.05) is 37.6 Å². The molecule has 0 radical (unpaired) electrons. The van der Waals surface area contributed by atoms with E-state index in [0.717, 1.165) is 16.8 Å². The van der Waals surface area contributed by atoms with Gasteiger partial charge in [-0.25, -0.2) is 14.8 Å². The van der Waals surface area contributed by atoms with E-state index in [2.05, 4.69) is 14.9 Å². The van der Waals surface area contributed by atoms with Gasteiger partial charge in [0.05, 0.1) is 12.6 Å². The second kappa shape index (κ2) is 8.22. The highest BCUT2D eigenvalue weighted by Gasteiger charge is 2.24. The van der Waals surface area contributed by atoms with Gasteiger partial charge in [-0.1, -0.05) is 30.3 Å². The van der Waals surface area contributed by atoms with Gasteiger partial charge in [-0.2, -0.15) is 0 Å². The second-order valence-corrected chi connectivity index (χ2v) is 6.75. The van der Waals surface area contributed by atoms with E-state index in [1.54, 1.807) is 17.0 Å². The van der Waals surface area contributed by atoms with Crippen LogP contribution in [0.2, 0.25) is 0 Å². The molecule has 0 bridgehead atoms. The maximum atomic E-state index is 12.4. The SMILES string of the molecule is COc1cc2c(N3CCN(C(=O)OCc4ccccc4)CC3)ncnc2cc1O. The summed E-state index contributed by atoms with van der Waals surface area (Å²) in [4.78, 5) is 24.8. The van der Waals surface area contributed by atoms with Crippen molar-refractivity contribution in [1.29, 1.82) is 0 Å². The fourth-order valence-corrected chi connectivity index (χ4v) is 3.39. The van der Waals surface area contributed by atoms with Gasteiger partial charge in [-0.05, 0) is 11.6 Å². The van der Waals surface area contributed by atoms with Crippen molar-refractivity contribution in [2.24, 2.45) is 0 Å². The van der Waals surface area contributed by atoms with E-state index in [1.165, 1.54) is 13.4 Å². The van der Waals surface area contributed by atoms with Crippen molar-refractivity contribution in [2.45, 2.75) is 6.61 Å². The van der Waals surface area contributed by atoms with Crippen molar-refractivity contribution >= 4 is 22.8 Å². The molecule has 0 saturated carbocycles. The Kier molecular flexibility index (Phi) is 5.33. The van der Waals surface area contributed by atoms with Gasteiger partial charge in [0.2, 0.25) is 0 Å². The van der Waals surface area contributed by atoms with E-state index < -0.39 is 0 Å². The van der Waals surface area contributed by atoms with Crippen LogP contribution in [0.25, 0.3) is 10.9 Å². The Balaban J connectivity index is 1.42. The second-order valence-electron chi connectivity index (χ2n) is 6.75. The molecule has 4 rings (SSSR count). The summed E-state index contributed by atoms with van der Waals surface area (Å²) < 4.78 is 10.6. The number of anilines is 1. The van der Waals surface area contributed by atoms with E-state index in [1.807, 2.05) is 30.3 Å². The molecule has 3 aromatic rings. The predicted octanol–water partition coefficient (Wildman–Crippen LogP) is 2.80. The highest BCUT2D eigenvalue weighted by molar-refractivity contribution is 5.92. The third-order valence-corrected chi connectivity index (χ3v) is 4.96. The Morgan fingerprint density at radius 1 is 1.10 bits per heavy atom. The third kappa shape index (κ3) is 4.01. The maximum Gasteiger partial charge on any atom is 0.410 e. The number of hydrogen-bond acceptors (Lipinski definition) is 7. The molecule has 150 valence electrons. The predicted molar refractivity (Wildman–Crippen MR) is 108 cm³/mol. The number of aromatic hydroxyl groups is 1. The van der Waals surface area contributed by atoms with Gasteiger partial charge in [0.15, 0.2) is 11.5 Å². The number of rotatable bonds is 4. The number of phenolic OH excluding ortho intramolecular Hbond substituents is 1. The Hall–Kier alpha value is -3.55. The number of benzene rings is 2. The highest BCUT2D eigenvalue weighted by atomic mass is 16.6. The highest BCUT2D eigenvalue weighted by Crippen LogP contribution is 2.34. The molecule has 8 nitrogen and oxygen atoms in total. The van der Waals surface area contributed by atoms with E-state index >= 15 is 0 Å². The lowest BCUT2D eigenvalue weighted by molar-refractivity contribution is 0.0941. The number of aromatic nitrogens is 2. The largest absolute Gasteiger partial charge is 0.504 e. The number of nitrogens with zero attached hydrogens (tertiary/aromatic N) is 4. The van der Waals surface area contributed by atoms with Crippen molar-refractivity contribution in [3.63, 3.8) is 0 Å². The molecule has 0 unspecified atom stereocenters. The van der Waals surface area contributed by atoms with Crippen LogP contribution in [0.1, 0.15) is 5.56 Å². The monoisotopic (exact) mass is 394 g/mol. The van der Waals surface area contributed by atoms with E-state index in [-0.39, 0.29) is 18.4 Å². The average Bonchev–Trinajstić information content (AvgIpc) is 2.77. The lowest BCUT2D eigenvalue weighted by Crippen LogP contribution is -2.49. The summed E-state index contributed by atoms with van der Waals surface area (Å²) in [6.07, 6.45) is 1.16. The fourth-order valence-electron chi connectivity index (χ4n) is 3.39. The number of carbonyl (C=O) groups excluding carboxylic acids is 1. The molecule has 2 aromatic carbocycles. The number of methoxy groups -OCH3 is 1. The summed E-state index contributed by atoms with van der Waals surface area (Å²) in [5.41, 5.74) is 1.60. The molecule has 29 heavy (non-hydrogen) atoms. The first-order valence-corrected chi connectivity index (χ1v) is 9.38. The fraction of sp³-hybridized carbons (Fsp3) is 0.286. The van der Waals surface area contributed by atoms with Crippen LogP contribution in [-0.2, 0) is 11.3 Å². The summed E-state index contributed by atoms with van der Waals surface area (Å²) in [6.45, 7) is 2.58. The van der Waals surface area contributed by atoms with Crippen molar-refractivity contribution in [2.75, 3.05) is 38.2 Å². The van der Waals surface area contributed by atoms with Crippen LogP contribution in [0.4, 0.5) is 10.6 Å². The lowest BCUT2D eigenvalue weighted by Gasteiger charge is -2.35. The Morgan fingerprint density at radius 3 is 2.59 bits per heavy atom. The normalized spacial score (nSPS) is 14.1. The maximum absolute atomic E-state index is 12.4. The first kappa shape index (κ1) is 18.8. The first-order valence-electron chi connectivity index (χ1n) is 9.38. The van der Waals surface area contributed by atoms with Gasteiger partial charge in [-0.15, -0.1) is 0 Å². The molecule has 0 atom stereocenters. The Labute approximate surface area is 168 Å². The first-order chi connectivity index (χ1) is 14.2. The summed E-state index contributed by atoms with van der Waals surface area (Å²) in [5.74, 6) is 1.16. The van der Waals surface area contributed by atoms with Crippen LogP contribution in [-0.4, -0.2) is 59.4 Å². The van der Waals surface area contributed by atoms with Crippen LogP contribution >= 0.6 is 0 Å². The van der Waals surface area contributed by atoms with Crippen LogP contribution in [0, 0.1) is 0 Å². The number of amides is 1. The zero-order chi connectivity index (χ0) is 20.2. The molecule has 0 spiro atoms. The van der Waals surface area contributed by atoms with Gasteiger partial charge >= 0.3 is 6.09 Å². The van der Waals surface area contributed by atoms with Crippen molar-refractivity contribution < 1.29 is 19.4 Å². The number of fused-ring (bicyclic) bond motifs is 1. The van der Waals surface area contributed by atoms with Gasteiger partial charge in [-0.3, -0.25) is 0 Å². The third-order valence-electron chi connectivity index (χ3n) is 4.96. The zero-order valence-corrected chi connectivity index (χ0v) is 16.1. The van der Waals surface area contributed by atoms with Crippen molar-refractivity contribution in [1.82, 2.24) is 14.9 Å². The molecule has 8 heteroatoms. The molecular weight excluding hydrogens is 372 g/mol. The van der Waals surface area contributed by atoms with Crippen molar-refractivity contribution in [3.8, 4) is 11.5 Å². The average molecular weight is 394 g/mol. The van der Waals surface area contributed by atoms with Gasteiger partial charge < -0.3 is 24.4 Å². The molecule has 1 fully saturated rings. The lowest BCUT2D eigenvalue weighted by atomic mass is 10.2. The van der Waals surface area contributed by atoms with Crippen molar-refractivity contribution in [3.05, 3.63) is 54.4 Å². The zero-order valence-electron chi connectivity index (χ0n) is 16.1. The summed E-state index contributed by atoms with van der Waals surface area (Å²) in [7, 11) is 1.50. The quantitative estimate of drug-likeness (QED) is 0.728. The van der Waals surface area contributed by atoms with E-state index in [9.17, 15) is 9.90 Å². The number of phenols is 1. The molecule has 2 heterocycles. The standard InChI is InChI=1S/C21H22N4O4/c1-28-19-11-16-17(12-18(19)26)22-14-23-20(16)24-7-9-25(10-8-24)21(27)29-13-15-5-3-2-4-6-15/h2-6,11-12,14,26H,7-10,13H2,1H3. The number of hydrogen-bond donors (Lipinski definition) is 1. The number of ether oxygens (including phenoxy) is 2. The van der Waals surface area contributed by atoms with Crippen LogP contribution < -0.4 is 9.64 Å². The molecule has 0 aliphatic carbocycles. The van der Waals surface area contributed by atoms with Crippen LogP contribution in [0.3, 0.4) is 0 Å². The number of carbonyl (C=O) groups is 1. The van der Waals surface area contributed by atoms with Gasteiger partial charge in [0.1, 0.15) is 18.8 Å². The molecule has 1 aromatic heterocycles. The Morgan fingerprint density at radius 2 is 1.86 bits per heavy atom. The van der Waals surface area contributed by atoms with E-state index in [0.29, 0.717) is 37.4 Å². The molecular formula is C21H22N4O4. The Bertz CT molecular complexity index is 1000. The molecule has 1 saturated heterocycles. The molecule has 1 amide bonds. The molecule has 1 aliphatic heterocycles. The van der Waals surface area contributed by atoms with E-state index in [4.69, 9.17) is 9.47 Å². The molecule has 1 N–H and O–H groups in total. The minimum atomic E-state index is -0.312. The summed E-state index contributed by atoms with van der Waals surface area (Å²) >= 11 is 0. The summed E-state index contributed by atoms with van der Waals surface area (Å²) in [6, 6.07) is 12.9. The smallest absolute Gasteiger partial charge is 0.410 e. The summed E-state index contributed by atoms with van der Waals surface area (Å²) in [5, 5.41) is 10.8. The minimum absolute atomic E-state index is 0.0376. The molecule has 1 aliphatic rings. The van der Waals surface area contributed by atoms with Crippen LogP contribution in [0.15, 0.2) is 48.8 Å². The number of piperazine rings is 1. The topological polar surface area (TPSA) is 88.0 Å².